The van der Waals surface area contributed by atoms with E-state index in [2.05, 4.69) is 0 Å². The molecule has 0 unspecified atom stereocenters. The summed E-state index contributed by atoms with van der Waals surface area (Å²) in [4.78, 5) is 14.1. The van der Waals surface area contributed by atoms with E-state index in [4.69, 9.17) is 0 Å². The number of nitrogens with zero attached hydrogens (tertiary/aromatic N) is 1. The molecular formula is C13H17NO2. The summed E-state index contributed by atoms with van der Waals surface area (Å²) in [5.41, 5.74) is 1.37. The van der Waals surface area contributed by atoms with Crippen molar-refractivity contribution in [3.8, 4) is 0 Å². The quantitative estimate of drug-likeness (QED) is 0.824. The molecule has 2 rings (SSSR count). The van der Waals surface area contributed by atoms with Gasteiger partial charge in [0.05, 0.1) is 6.61 Å². The Morgan fingerprint density at radius 3 is 2.56 bits per heavy atom. The molecule has 1 aliphatic heterocycles. The summed E-state index contributed by atoms with van der Waals surface area (Å²) in [6, 6.07) is 7.29. The molecule has 0 aliphatic carbocycles. The van der Waals surface area contributed by atoms with Crippen LogP contribution >= 0.6 is 0 Å². The molecule has 1 fully saturated rings. The lowest BCUT2D eigenvalue weighted by atomic mass is 10.0. The number of rotatable bonds is 2. The molecule has 0 saturated carbocycles. The molecule has 0 spiro atoms. The third-order valence-corrected chi connectivity index (χ3v) is 3.06. The minimum Gasteiger partial charge on any atom is -0.392 e. The largest absolute Gasteiger partial charge is 0.392 e. The summed E-state index contributed by atoms with van der Waals surface area (Å²) in [7, 11) is 0. The number of carbonyl (C=O) groups is 1. The SMILES string of the molecule is O=C(c1ccccc1CO)N1CCCCC1. The van der Waals surface area contributed by atoms with E-state index in [0.29, 0.717) is 5.56 Å². The van der Waals surface area contributed by atoms with Crippen molar-refractivity contribution in [2.45, 2.75) is 25.9 Å². The minimum absolute atomic E-state index is 0.0596. The summed E-state index contributed by atoms with van der Waals surface area (Å²) < 4.78 is 0. The molecule has 1 saturated heterocycles. The number of aliphatic hydroxyl groups excluding tert-OH is 1. The zero-order chi connectivity index (χ0) is 11.4. The highest BCUT2D eigenvalue weighted by Crippen LogP contribution is 2.16. The summed E-state index contributed by atoms with van der Waals surface area (Å²) in [5.74, 6) is 0.0596. The van der Waals surface area contributed by atoms with E-state index in [0.717, 1.165) is 31.5 Å². The monoisotopic (exact) mass is 219 g/mol. The number of aliphatic hydroxyl groups is 1. The number of hydrogen-bond donors (Lipinski definition) is 1. The second-order valence-electron chi connectivity index (χ2n) is 4.17. The molecule has 1 aromatic carbocycles. The Hall–Kier alpha value is -1.35. The molecule has 3 nitrogen and oxygen atoms in total. The van der Waals surface area contributed by atoms with Crippen LogP contribution in [0.5, 0.6) is 0 Å². The van der Waals surface area contributed by atoms with Crippen LogP contribution in [0.2, 0.25) is 0 Å². The van der Waals surface area contributed by atoms with Crippen LogP contribution in [0.3, 0.4) is 0 Å². The molecule has 1 aliphatic rings. The van der Waals surface area contributed by atoms with Gasteiger partial charge < -0.3 is 10.0 Å². The number of hydrogen-bond acceptors (Lipinski definition) is 2. The second-order valence-corrected chi connectivity index (χ2v) is 4.17. The van der Waals surface area contributed by atoms with Gasteiger partial charge in [0.1, 0.15) is 0 Å². The van der Waals surface area contributed by atoms with Crippen LogP contribution in [0.1, 0.15) is 35.2 Å². The molecule has 1 amide bonds. The van der Waals surface area contributed by atoms with Gasteiger partial charge in [-0.2, -0.15) is 0 Å². The fourth-order valence-corrected chi connectivity index (χ4v) is 2.13. The van der Waals surface area contributed by atoms with Crippen LogP contribution in [-0.4, -0.2) is 29.0 Å². The molecular weight excluding hydrogens is 202 g/mol. The highest BCUT2D eigenvalue weighted by Gasteiger charge is 2.19. The maximum absolute atomic E-state index is 12.2. The lowest BCUT2D eigenvalue weighted by molar-refractivity contribution is 0.0721. The Morgan fingerprint density at radius 2 is 1.88 bits per heavy atom. The smallest absolute Gasteiger partial charge is 0.254 e. The fraction of sp³-hybridized carbons (Fsp3) is 0.462. The molecule has 0 radical (unpaired) electrons. The van der Waals surface area contributed by atoms with Crippen molar-refractivity contribution < 1.29 is 9.90 Å². The molecule has 1 N–H and O–H groups in total. The van der Waals surface area contributed by atoms with Gasteiger partial charge in [-0.15, -0.1) is 0 Å². The van der Waals surface area contributed by atoms with Gasteiger partial charge in [-0.3, -0.25) is 4.79 Å². The first-order valence-corrected chi connectivity index (χ1v) is 5.81. The van der Waals surface area contributed by atoms with Gasteiger partial charge in [-0.05, 0) is 30.9 Å². The Kier molecular flexibility index (Phi) is 3.57. The van der Waals surface area contributed by atoms with Gasteiger partial charge in [0.15, 0.2) is 0 Å². The molecule has 1 heterocycles. The number of carbonyl (C=O) groups excluding carboxylic acids is 1. The van der Waals surface area contributed by atoms with Crippen molar-refractivity contribution in [2.24, 2.45) is 0 Å². The van der Waals surface area contributed by atoms with Gasteiger partial charge in [-0.25, -0.2) is 0 Å². The van der Waals surface area contributed by atoms with E-state index < -0.39 is 0 Å². The highest BCUT2D eigenvalue weighted by molar-refractivity contribution is 5.95. The van der Waals surface area contributed by atoms with Gasteiger partial charge in [0.25, 0.3) is 5.91 Å². The first-order valence-electron chi connectivity index (χ1n) is 5.81. The standard InChI is InChI=1S/C13H17NO2/c15-10-11-6-2-3-7-12(11)13(16)14-8-4-1-5-9-14/h2-3,6-7,15H,1,4-5,8-10H2. The highest BCUT2D eigenvalue weighted by atomic mass is 16.3. The van der Waals surface area contributed by atoms with Crippen LogP contribution in [-0.2, 0) is 6.61 Å². The molecule has 0 atom stereocenters. The average Bonchev–Trinajstić information content (AvgIpc) is 2.39. The van der Waals surface area contributed by atoms with E-state index in [1.54, 1.807) is 12.1 Å². The van der Waals surface area contributed by atoms with Crippen LogP contribution < -0.4 is 0 Å². The topological polar surface area (TPSA) is 40.5 Å². The van der Waals surface area contributed by atoms with Crippen LogP contribution in [0, 0.1) is 0 Å². The van der Waals surface area contributed by atoms with Crippen molar-refractivity contribution in [1.29, 1.82) is 0 Å². The molecule has 0 aromatic heterocycles. The van der Waals surface area contributed by atoms with Crippen molar-refractivity contribution in [3.05, 3.63) is 35.4 Å². The lowest BCUT2D eigenvalue weighted by Gasteiger charge is -2.27. The third-order valence-electron chi connectivity index (χ3n) is 3.06. The Bertz CT molecular complexity index is 370. The number of benzene rings is 1. The van der Waals surface area contributed by atoms with Crippen molar-refractivity contribution in [1.82, 2.24) is 4.90 Å². The summed E-state index contributed by atoms with van der Waals surface area (Å²) in [6.45, 7) is 1.62. The molecule has 3 heteroatoms. The maximum Gasteiger partial charge on any atom is 0.254 e. The third kappa shape index (κ3) is 2.25. The Morgan fingerprint density at radius 1 is 1.19 bits per heavy atom. The molecule has 0 bridgehead atoms. The first kappa shape index (κ1) is 11.1. The van der Waals surface area contributed by atoms with Gasteiger partial charge in [0.2, 0.25) is 0 Å². The predicted molar refractivity (Wildman–Crippen MR) is 62.1 cm³/mol. The van der Waals surface area contributed by atoms with Gasteiger partial charge >= 0.3 is 0 Å². The number of likely N-dealkylation sites (tertiary alicyclic amines) is 1. The minimum atomic E-state index is -0.0737. The number of piperidine rings is 1. The van der Waals surface area contributed by atoms with E-state index in [-0.39, 0.29) is 12.5 Å². The molecule has 1 aromatic rings. The van der Waals surface area contributed by atoms with Crippen molar-refractivity contribution in [2.75, 3.05) is 13.1 Å². The summed E-state index contributed by atoms with van der Waals surface area (Å²) in [6.07, 6.45) is 3.39. The van der Waals surface area contributed by atoms with Gasteiger partial charge in [-0.1, -0.05) is 18.2 Å². The first-order chi connectivity index (χ1) is 7.83. The Labute approximate surface area is 95.7 Å². The van der Waals surface area contributed by atoms with Crippen LogP contribution in [0.25, 0.3) is 0 Å². The van der Waals surface area contributed by atoms with Crippen LogP contribution in [0.15, 0.2) is 24.3 Å². The zero-order valence-corrected chi connectivity index (χ0v) is 9.35. The average molecular weight is 219 g/mol. The van der Waals surface area contributed by atoms with Gasteiger partial charge in [0, 0.05) is 18.7 Å². The molecule has 86 valence electrons. The van der Waals surface area contributed by atoms with Crippen molar-refractivity contribution in [3.63, 3.8) is 0 Å². The summed E-state index contributed by atoms with van der Waals surface area (Å²) >= 11 is 0. The van der Waals surface area contributed by atoms with E-state index in [1.807, 2.05) is 17.0 Å². The normalized spacial score (nSPS) is 16.2. The zero-order valence-electron chi connectivity index (χ0n) is 9.35. The lowest BCUT2D eigenvalue weighted by Crippen LogP contribution is -2.36. The second kappa shape index (κ2) is 5.12. The maximum atomic E-state index is 12.2. The Balaban J connectivity index is 2.19. The van der Waals surface area contributed by atoms with E-state index in [1.165, 1.54) is 6.42 Å². The predicted octanol–water partition coefficient (Wildman–Crippen LogP) is 1.80. The molecule has 16 heavy (non-hydrogen) atoms. The van der Waals surface area contributed by atoms with E-state index in [9.17, 15) is 9.90 Å². The van der Waals surface area contributed by atoms with E-state index >= 15 is 0 Å². The summed E-state index contributed by atoms with van der Waals surface area (Å²) in [5, 5.41) is 9.19. The van der Waals surface area contributed by atoms with Crippen molar-refractivity contribution >= 4 is 5.91 Å². The van der Waals surface area contributed by atoms with Crippen LogP contribution in [0.4, 0.5) is 0 Å². The fourth-order valence-electron chi connectivity index (χ4n) is 2.13. The number of amides is 1.